The lowest BCUT2D eigenvalue weighted by Gasteiger charge is -2.00. The highest BCUT2D eigenvalue weighted by Gasteiger charge is 2.35. The van der Waals surface area contributed by atoms with Crippen molar-refractivity contribution < 1.29 is 14.5 Å². The molecule has 0 fully saturated rings. The van der Waals surface area contributed by atoms with Gasteiger partial charge in [-0.2, -0.15) is 0 Å². The van der Waals surface area contributed by atoms with E-state index in [1.807, 2.05) is 5.32 Å². The maximum atomic E-state index is 11.3. The van der Waals surface area contributed by atoms with Crippen LogP contribution in [0.4, 0.5) is 5.69 Å². The van der Waals surface area contributed by atoms with Gasteiger partial charge in [0.1, 0.15) is 5.56 Å². The summed E-state index contributed by atoms with van der Waals surface area (Å²) < 4.78 is 0. The Morgan fingerprint density at radius 3 is 2.53 bits per heavy atom. The summed E-state index contributed by atoms with van der Waals surface area (Å²) in [6, 6.07) is 2.87. The van der Waals surface area contributed by atoms with E-state index in [-0.39, 0.29) is 16.8 Å². The van der Waals surface area contributed by atoms with Crippen molar-refractivity contribution in [2.75, 3.05) is 0 Å². The summed E-state index contributed by atoms with van der Waals surface area (Å²) in [5.74, 6) is -1.29. The molecule has 1 N–H and O–H groups in total. The number of aryl methyl sites for hydroxylation is 1. The normalized spacial score (nSPS) is 13.7. The van der Waals surface area contributed by atoms with Crippen molar-refractivity contribution in [1.82, 2.24) is 5.32 Å². The highest BCUT2D eigenvalue weighted by molar-refractivity contribution is 6.23. The number of benzene rings is 1. The second-order valence-electron chi connectivity index (χ2n) is 3.19. The van der Waals surface area contributed by atoms with Crippen molar-refractivity contribution in [1.29, 1.82) is 0 Å². The molecule has 2 amide bonds. The summed E-state index contributed by atoms with van der Waals surface area (Å²) in [7, 11) is 0. The van der Waals surface area contributed by atoms with Crippen LogP contribution in [0, 0.1) is 17.0 Å². The third-order valence-electron chi connectivity index (χ3n) is 2.26. The molecular weight excluding hydrogens is 200 g/mol. The van der Waals surface area contributed by atoms with Crippen LogP contribution >= 0.6 is 0 Å². The lowest BCUT2D eigenvalue weighted by molar-refractivity contribution is -0.385. The molecular formula is C9H6N2O4. The second-order valence-corrected chi connectivity index (χ2v) is 3.19. The molecule has 1 aliphatic rings. The summed E-state index contributed by atoms with van der Waals surface area (Å²) in [5, 5.41) is 12.8. The minimum Gasteiger partial charge on any atom is -0.288 e. The molecule has 0 saturated carbocycles. The van der Waals surface area contributed by atoms with Gasteiger partial charge in [-0.1, -0.05) is 6.07 Å². The van der Waals surface area contributed by atoms with E-state index in [0.29, 0.717) is 5.56 Å². The second kappa shape index (κ2) is 2.88. The number of nitro groups is 1. The molecule has 0 saturated heterocycles. The lowest BCUT2D eigenvalue weighted by atomic mass is 10.0. The number of carbonyl (C=O) groups is 2. The number of amides is 2. The van der Waals surface area contributed by atoms with Crippen LogP contribution < -0.4 is 5.32 Å². The largest absolute Gasteiger partial charge is 0.288 e. The number of nitrogens with one attached hydrogen (secondary N) is 1. The quantitative estimate of drug-likeness (QED) is 0.417. The third kappa shape index (κ3) is 1.18. The zero-order valence-electron chi connectivity index (χ0n) is 7.73. The minimum atomic E-state index is -0.703. The van der Waals surface area contributed by atoms with Crippen LogP contribution in [0.2, 0.25) is 0 Å². The zero-order valence-corrected chi connectivity index (χ0v) is 7.73. The van der Waals surface area contributed by atoms with Gasteiger partial charge in [-0.3, -0.25) is 25.0 Å². The third-order valence-corrected chi connectivity index (χ3v) is 2.26. The van der Waals surface area contributed by atoms with Crippen molar-refractivity contribution >= 4 is 17.5 Å². The van der Waals surface area contributed by atoms with Gasteiger partial charge in [0.15, 0.2) is 0 Å². The van der Waals surface area contributed by atoms with Gasteiger partial charge in [0.05, 0.1) is 10.5 Å². The molecule has 0 atom stereocenters. The first-order valence-corrected chi connectivity index (χ1v) is 4.16. The fourth-order valence-corrected chi connectivity index (χ4v) is 1.58. The average molecular weight is 206 g/mol. The van der Waals surface area contributed by atoms with Gasteiger partial charge in [0.2, 0.25) is 0 Å². The Morgan fingerprint density at radius 2 is 1.93 bits per heavy atom. The van der Waals surface area contributed by atoms with Crippen LogP contribution in [0.3, 0.4) is 0 Å². The smallest absolute Gasteiger partial charge is 0.285 e. The van der Waals surface area contributed by atoms with Crippen molar-refractivity contribution in [3.05, 3.63) is 38.9 Å². The zero-order chi connectivity index (χ0) is 11.2. The molecule has 0 aliphatic carbocycles. The van der Waals surface area contributed by atoms with Gasteiger partial charge in [-0.05, 0) is 13.0 Å². The fraction of sp³-hybridized carbons (Fsp3) is 0.111. The summed E-state index contributed by atoms with van der Waals surface area (Å²) in [6.07, 6.45) is 0. The molecule has 1 aromatic rings. The van der Waals surface area contributed by atoms with Gasteiger partial charge in [-0.15, -0.1) is 0 Å². The highest BCUT2D eigenvalue weighted by Crippen LogP contribution is 2.29. The number of carbonyl (C=O) groups excluding carboxylic acids is 2. The molecule has 0 spiro atoms. The lowest BCUT2D eigenvalue weighted by Crippen LogP contribution is -2.20. The van der Waals surface area contributed by atoms with Gasteiger partial charge in [0.25, 0.3) is 17.5 Å². The molecule has 6 nitrogen and oxygen atoms in total. The number of imide groups is 1. The van der Waals surface area contributed by atoms with E-state index in [0.717, 1.165) is 0 Å². The first-order valence-electron chi connectivity index (χ1n) is 4.16. The van der Waals surface area contributed by atoms with E-state index >= 15 is 0 Å². The molecule has 1 aliphatic heterocycles. The van der Waals surface area contributed by atoms with E-state index in [4.69, 9.17) is 0 Å². The van der Waals surface area contributed by atoms with Crippen molar-refractivity contribution in [3.8, 4) is 0 Å². The summed E-state index contributed by atoms with van der Waals surface area (Å²) >= 11 is 0. The Bertz CT molecular complexity index is 507. The highest BCUT2D eigenvalue weighted by atomic mass is 16.6. The predicted molar refractivity (Wildman–Crippen MR) is 49.6 cm³/mol. The number of nitro benzene ring substituents is 1. The topological polar surface area (TPSA) is 89.3 Å². The maximum Gasteiger partial charge on any atom is 0.285 e. The Kier molecular flexibility index (Phi) is 1.79. The average Bonchev–Trinajstić information content (AvgIpc) is 2.41. The first-order chi connectivity index (χ1) is 7.02. The van der Waals surface area contributed by atoms with Crippen molar-refractivity contribution in [2.24, 2.45) is 0 Å². The van der Waals surface area contributed by atoms with Crippen LogP contribution in [0.15, 0.2) is 12.1 Å². The first kappa shape index (κ1) is 9.32. The van der Waals surface area contributed by atoms with Crippen LogP contribution in [0.1, 0.15) is 26.3 Å². The number of rotatable bonds is 1. The standard InChI is InChI=1S/C9H6N2O4/c1-4-2-3-5-6(7(4)11(14)15)9(13)10-8(5)12/h2-3H,1H3,(H,10,12,13). The number of nitrogens with zero attached hydrogens (tertiary/aromatic N) is 1. The fourth-order valence-electron chi connectivity index (χ4n) is 1.58. The SMILES string of the molecule is Cc1ccc2c(c1[N+](=O)[O-])C(=O)NC2=O. The molecule has 76 valence electrons. The van der Waals surface area contributed by atoms with Crippen LogP contribution in [0.5, 0.6) is 0 Å². The number of fused-ring (bicyclic) bond motifs is 1. The minimum absolute atomic E-state index is 0.0669. The van der Waals surface area contributed by atoms with Crippen LogP contribution in [-0.4, -0.2) is 16.7 Å². The Balaban J connectivity index is 2.81. The molecule has 15 heavy (non-hydrogen) atoms. The molecule has 1 aromatic carbocycles. The molecule has 0 radical (unpaired) electrons. The molecule has 2 rings (SSSR count). The van der Waals surface area contributed by atoms with E-state index in [1.165, 1.54) is 19.1 Å². The molecule has 0 unspecified atom stereocenters. The van der Waals surface area contributed by atoms with E-state index in [9.17, 15) is 19.7 Å². The van der Waals surface area contributed by atoms with Crippen molar-refractivity contribution in [3.63, 3.8) is 0 Å². The van der Waals surface area contributed by atoms with Gasteiger partial charge in [0, 0.05) is 5.56 Å². The summed E-state index contributed by atoms with van der Waals surface area (Å²) in [4.78, 5) is 32.6. The van der Waals surface area contributed by atoms with Crippen LogP contribution in [0.25, 0.3) is 0 Å². The Hall–Kier alpha value is -2.24. The van der Waals surface area contributed by atoms with Crippen molar-refractivity contribution in [2.45, 2.75) is 6.92 Å². The molecule has 0 bridgehead atoms. The van der Waals surface area contributed by atoms with Gasteiger partial charge < -0.3 is 0 Å². The van der Waals surface area contributed by atoms with E-state index in [2.05, 4.69) is 0 Å². The Morgan fingerprint density at radius 1 is 1.27 bits per heavy atom. The van der Waals surface area contributed by atoms with Crippen LogP contribution in [-0.2, 0) is 0 Å². The van der Waals surface area contributed by atoms with Gasteiger partial charge >= 0.3 is 0 Å². The molecule has 0 aromatic heterocycles. The monoisotopic (exact) mass is 206 g/mol. The summed E-state index contributed by atoms with van der Waals surface area (Å²) in [6.45, 7) is 1.52. The van der Waals surface area contributed by atoms with Gasteiger partial charge in [-0.25, -0.2) is 0 Å². The summed E-state index contributed by atoms with van der Waals surface area (Å²) in [5.41, 5.74) is 0.00162. The predicted octanol–water partition coefficient (Wildman–Crippen LogP) is 0.787. The maximum absolute atomic E-state index is 11.3. The molecule has 6 heteroatoms. The Labute approximate surface area is 84.0 Å². The van der Waals surface area contributed by atoms with E-state index in [1.54, 1.807) is 0 Å². The number of hydrogen-bond donors (Lipinski definition) is 1. The van der Waals surface area contributed by atoms with E-state index < -0.39 is 16.7 Å². The number of hydrogen-bond acceptors (Lipinski definition) is 4. The molecule has 1 heterocycles.